The van der Waals surface area contributed by atoms with E-state index < -0.39 is 10.0 Å². The van der Waals surface area contributed by atoms with Gasteiger partial charge in [-0.1, -0.05) is 25.1 Å². The summed E-state index contributed by atoms with van der Waals surface area (Å²) in [6.45, 7) is 7.16. The van der Waals surface area contributed by atoms with Crippen molar-refractivity contribution < 1.29 is 8.42 Å². The van der Waals surface area contributed by atoms with Gasteiger partial charge in [-0.15, -0.1) is 0 Å². The lowest BCUT2D eigenvalue weighted by atomic mass is 10.2. The highest BCUT2D eigenvalue weighted by Gasteiger charge is 2.18. The van der Waals surface area contributed by atoms with Gasteiger partial charge in [0.2, 0.25) is 10.0 Å². The van der Waals surface area contributed by atoms with Gasteiger partial charge in [0.25, 0.3) is 0 Å². The number of rotatable bonds is 7. The Hall–Kier alpha value is -0.910. The molecule has 0 atom stereocenters. The molecular formula is C13H22N2O2S. The molecule has 0 amide bonds. The molecule has 102 valence electrons. The Kier molecular flexibility index (Phi) is 5.78. The van der Waals surface area contributed by atoms with Crippen LogP contribution in [0, 0.1) is 0 Å². The Morgan fingerprint density at radius 1 is 1.22 bits per heavy atom. The first-order valence-corrected chi connectivity index (χ1v) is 7.76. The summed E-state index contributed by atoms with van der Waals surface area (Å²) in [6, 6.07) is 6.99. The number of benzene rings is 1. The number of hydrogen-bond acceptors (Lipinski definition) is 3. The normalized spacial score (nSPS) is 12.0. The summed E-state index contributed by atoms with van der Waals surface area (Å²) in [5, 5.41) is 3.22. The molecule has 1 aromatic carbocycles. The average Bonchev–Trinajstić information content (AvgIpc) is 2.28. The highest BCUT2D eigenvalue weighted by atomic mass is 32.2. The van der Waals surface area contributed by atoms with Gasteiger partial charge in [-0.2, -0.15) is 0 Å². The fourth-order valence-corrected chi connectivity index (χ4v) is 3.18. The summed E-state index contributed by atoms with van der Waals surface area (Å²) >= 11 is 0. The zero-order chi connectivity index (χ0) is 13.6. The summed E-state index contributed by atoms with van der Waals surface area (Å²) in [5.74, 6) is 0. The molecule has 0 unspecified atom stereocenters. The van der Waals surface area contributed by atoms with Gasteiger partial charge in [-0.25, -0.2) is 13.1 Å². The molecule has 0 aromatic heterocycles. The van der Waals surface area contributed by atoms with Crippen molar-refractivity contribution in [3.63, 3.8) is 0 Å². The SMILES string of the molecule is CCCNCc1ccccc1S(=O)(=O)NC(C)C. The summed E-state index contributed by atoms with van der Waals surface area (Å²) in [7, 11) is -3.42. The first-order chi connectivity index (χ1) is 8.47. The van der Waals surface area contributed by atoms with E-state index in [-0.39, 0.29) is 6.04 Å². The van der Waals surface area contributed by atoms with E-state index in [1.165, 1.54) is 0 Å². The maximum absolute atomic E-state index is 12.2. The first kappa shape index (κ1) is 15.1. The molecule has 0 saturated carbocycles. The van der Waals surface area contributed by atoms with Gasteiger partial charge < -0.3 is 5.32 Å². The van der Waals surface area contributed by atoms with Crippen LogP contribution in [0.1, 0.15) is 32.8 Å². The molecule has 1 aromatic rings. The smallest absolute Gasteiger partial charge is 0.241 e. The topological polar surface area (TPSA) is 58.2 Å². The molecule has 0 bridgehead atoms. The van der Waals surface area contributed by atoms with Crippen molar-refractivity contribution in [2.24, 2.45) is 0 Å². The van der Waals surface area contributed by atoms with Gasteiger partial charge in [0, 0.05) is 12.6 Å². The van der Waals surface area contributed by atoms with Crippen molar-refractivity contribution in [3.05, 3.63) is 29.8 Å². The molecule has 5 heteroatoms. The predicted octanol–water partition coefficient (Wildman–Crippen LogP) is 1.87. The Labute approximate surface area is 110 Å². The zero-order valence-electron chi connectivity index (χ0n) is 11.2. The number of hydrogen-bond donors (Lipinski definition) is 2. The van der Waals surface area contributed by atoms with Crippen molar-refractivity contribution in [1.82, 2.24) is 10.0 Å². The van der Waals surface area contributed by atoms with Crippen molar-refractivity contribution in [2.75, 3.05) is 6.54 Å². The van der Waals surface area contributed by atoms with Crippen LogP contribution in [0.2, 0.25) is 0 Å². The second kappa shape index (κ2) is 6.87. The van der Waals surface area contributed by atoms with Crippen LogP contribution in [0.15, 0.2) is 29.2 Å². The van der Waals surface area contributed by atoms with Crippen LogP contribution in [0.3, 0.4) is 0 Å². The Balaban J connectivity index is 2.94. The van der Waals surface area contributed by atoms with Crippen LogP contribution >= 0.6 is 0 Å². The lowest BCUT2D eigenvalue weighted by Crippen LogP contribution is -2.31. The molecule has 0 saturated heterocycles. The van der Waals surface area contributed by atoms with Crippen LogP contribution in [-0.2, 0) is 16.6 Å². The maximum atomic E-state index is 12.2. The summed E-state index contributed by atoms with van der Waals surface area (Å²) in [5.41, 5.74) is 0.805. The predicted molar refractivity (Wildman–Crippen MR) is 73.9 cm³/mol. The second-order valence-corrected chi connectivity index (χ2v) is 6.24. The second-order valence-electron chi connectivity index (χ2n) is 4.56. The first-order valence-electron chi connectivity index (χ1n) is 6.28. The third-order valence-corrected chi connectivity index (χ3v) is 4.15. The lowest BCUT2D eigenvalue weighted by Gasteiger charge is -2.13. The van der Waals surface area contributed by atoms with Crippen LogP contribution in [0.4, 0.5) is 0 Å². The molecule has 0 aliphatic carbocycles. The van der Waals surface area contributed by atoms with E-state index >= 15 is 0 Å². The fraction of sp³-hybridized carbons (Fsp3) is 0.538. The van der Waals surface area contributed by atoms with Crippen molar-refractivity contribution in [2.45, 2.75) is 44.7 Å². The molecule has 0 radical (unpaired) electrons. The zero-order valence-corrected chi connectivity index (χ0v) is 12.0. The third-order valence-electron chi connectivity index (χ3n) is 2.40. The van der Waals surface area contributed by atoms with Gasteiger partial charge in [0.1, 0.15) is 0 Å². The molecule has 2 N–H and O–H groups in total. The molecule has 0 heterocycles. The van der Waals surface area contributed by atoms with Crippen molar-refractivity contribution in [3.8, 4) is 0 Å². The highest BCUT2D eigenvalue weighted by Crippen LogP contribution is 2.15. The molecule has 0 aliphatic rings. The van der Waals surface area contributed by atoms with Gasteiger partial charge in [0.15, 0.2) is 0 Å². The van der Waals surface area contributed by atoms with Gasteiger partial charge >= 0.3 is 0 Å². The Morgan fingerprint density at radius 3 is 2.50 bits per heavy atom. The van der Waals surface area contributed by atoms with Crippen molar-refractivity contribution in [1.29, 1.82) is 0 Å². The van der Waals surface area contributed by atoms with E-state index in [1.807, 2.05) is 26.0 Å². The van der Waals surface area contributed by atoms with E-state index in [9.17, 15) is 8.42 Å². The van der Waals surface area contributed by atoms with Crippen LogP contribution in [0.5, 0.6) is 0 Å². The Morgan fingerprint density at radius 2 is 1.89 bits per heavy atom. The highest BCUT2D eigenvalue weighted by molar-refractivity contribution is 7.89. The molecule has 0 fully saturated rings. The molecular weight excluding hydrogens is 248 g/mol. The third kappa shape index (κ3) is 4.40. The van der Waals surface area contributed by atoms with E-state index in [2.05, 4.69) is 17.0 Å². The van der Waals surface area contributed by atoms with E-state index in [0.29, 0.717) is 11.4 Å². The largest absolute Gasteiger partial charge is 0.313 e. The monoisotopic (exact) mass is 270 g/mol. The number of nitrogens with one attached hydrogen (secondary N) is 2. The van der Waals surface area contributed by atoms with Gasteiger partial charge in [-0.05, 0) is 38.4 Å². The Bertz CT molecular complexity index is 470. The minimum atomic E-state index is -3.42. The van der Waals surface area contributed by atoms with Crippen LogP contribution in [0.25, 0.3) is 0 Å². The molecule has 18 heavy (non-hydrogen) atoms. The summed E-state index contributed by atoms with van der Waals surface area (Å²) in [4.78, 5) is 0.363. The minimum Gasteiger partial charge on any atom is -0.313 e. The molecule has 1 rings (SSSR count). The van der Waals surface area contributed by atoms with Crippen LogP contribution < -0.4 is 10.0 Å². The molecule has 0 aliphatic heterocycles. The van der Waals surface area contributed by atoms with Crippen molar-refractivity contribution >= 4 is 10.0 Å². The maximum Gasteiger partial charge on any atom is 0.241 e. The standard InChI is InChI=1S/C13H22N2O2S/c1-4-9-14-10-12-7-5-6-8-13(12)18(16,17)15-11(2)3/h5-8,11,14-15H,4,9-10H2,1-3H3. The average molecular weight is 270 g/mol. The lowest BCUT2D eigenvalue weighted by molar-refractivity contribution is 0.567. The quantitative estimate of drug-likeness (QED) is 0.744. The van der Waals surface area contributed by atoms with E-state index in [0.717, 1.165) is 18.5 Å². The fourth-order valence-electron chi connectivity index (χ4n) is 1.69. The number of sulfonamides is 1. The van der Waals surface area contributed by atoms with E-state index in [1.54, 1.807) is 12.1 Å². The molecule has 4 nitrogen and oxygen atoms in total. The van der Waals surface area contributed by atoms with Gasteiger partial charge in [-0.3, -0.25) is 0 Å². The van der Waals surface area contributed by atoms with Crippen LogP contribution in [-0.4, -0.2) is 21.0 Å². The van der Waals surface area contributed by atoms with Gasteiger partial charge in [0.05, 0.1) is 4.90 Å². The van der Waals surface area contributed by atoms with E-state index in [4.69, 9.17) is 0 Å². The minimum absolute atomic E-state index is 0.105. The summed E-state index contributed by atoms with van der Waals surface area (Å²) < 4.78 is 26.9. The molecule has 0 spiro atoms. The summed E-state index contributed by atoms with van der Waals surface area (Å²) in [6.07, 6.45) is 1.03.